The van der Waals surface area contributed by atoms with Crippen LogP contribution in [0, 0.1) is 20.8 Å². The minimum atomic E-state index is -0.658. The number of rotatable bonds is 4. The number of hydrogen-bond acceptors (Lipinski definition) is 2. The molecule has 0 atom stereocenters. The highest BCUT2D eigenvalue weighted by Gasteiger charge is 2.12. The second-order valence-corrected chi connectivity index (χ2v) is 5.09. The third-order valence-electron chi connectivity index (χ3n) is 2.88. The molecule has 0 bridgehead atoms. The van der Waals surface area contributed by atoms with Gasteiger partial charge in [0.25, 0.3) is 0 Å². The Morgan fingerprint density at radius 1 is 1.12 bits per heavy atom. The van der Waals surface area contributed by atoms with E-state index >= 15 is 0 Å². The van der Waals surface area contributed by atoms with E-state index in [9.17, 15) is 5.11 Å². The first kappa shape index (κ1) is 13.0. The Morgan fingerprint density at radius 2 is 1.62 bits per heavy atom. The van der Waals surface area contributed by atoms with Crippen molar-refractivity contribution in [3.63, 3.8) is 0 Å². The Labute approximate surface area is 98.3 Å². The number of aliphatic hydroxyl groups is 1. The standard InChI is InChI=1S/C14H22O2/c1-10-8-13(9-11(2)12(10)3)16-7-6-14(4,5)15/h8-9,15H,6-7H2,1-5H3. The van der Waals surface area contributed by atoms with E-state index in [2.05, 4.69) is 20.8 Å². The molecule has 2 heteroatoms. The van der Waals surface area contributed by atoms with Crippen LogP contribution in [0.3, 0.4) is 0 Å². The van der Waals surface area contributed by atoms with Crippen molar-refractivity contribution in [2.24, 2.45) is 0 Å². The molecule has 0 fully saturated rings. The zero-order chi connectivity index (χ0) is 12.3. The summed E-state index contributed by atoms with van der Waals surface area (Å²) in [5.41, 5.74) is 3.15. The molecular weight excluding hydrogens is 200 g/mol. The first-order valence-corrected chi connectivity index (χ1v) is 5.72. The molecule has 1 aromatic rings. The topological polar surface area (TPSA) is 29.5 Å². The number of hydrogen-bond donors (Lipinski definition) is 1. The summed E-state index contributed by atoms with van der Waals surface area (Å²) in [4.78, 5) is 0. The lowest BCUT2D eigenvalue weighted by molar-refractivity contribution is 0.0553. The summed E-state index contributed by atoms with van der Waals surface area (Å²) >= 11 is 0. The van der Waals surface area contributed by atoms with E-state index in [1.807, 2.05) is 12.1 Å². The molecule has 1 rings (SSSR count). The summed E-state index contributed by atoms with van der Waals surface area (Å²) in [6, 6.07) is 4.10. The van der Waals surface area contributed by atoms with Crippen LogP contribution in [0.2, 0.25) is 0 Å². The molecule has 0 spiro atoms. The maximum Gasteiger partial charge on any atom is 0.119 e. The minimum absolute atomic E-state index is 0.547. The third-order valence-corrected chi connectivity index (χ3v) is 2.88. The van der Waals surface area contributed by atoms with Gasteiger partial charge in [-0.05, 0) is 63.4 Å². The van der Waals surface area contributed by atoms with Crippen LogP contribution in [0.4, 0.5) is 0 Å². The maximum atomic E-state index is 9.57. The van der Waals surface area contributed by atoms with Crippen molar-refractivity contribution in [1.82, 2.24) is 0 Å². The zero-order valence-electron chi connectivity index (χ0n) is 10.9. The van der Waals surface area contributed by atoms with Crippen molar-refractivity contribution in [2.45, 2.75) is 46.6 Å². The highest BCUT2D eigenvalue weighted by Crippen LogP contribution is 2.21. The summed E-state index contributed by atoms with van der Waals surface area (Å²) in [7, 11) is 0. The smallest absolute Gasteiger partial charge is 0.119 e. The van der Waals surface area contributed by atoms with Gasteiger partial charge in [-0.2, -0.15) is 0 Å². The second-order valence-electron chi connectivity index (χ2n) is 5.09. The summed E-state index contributed by atoms with van der Waals surface area (Å²) in [6.07, 6.45) is 0.638. The lowest BCUT2D eigenvalue weighted by Crippen LogP contribution is -2.21. The van der Waals surface area contributed by atoms with E-state index in [4.69, 9.17) is 4.74 Å². The Kier molecular flexibility index (Phi) is 3.98. The van der Waals surface area contributed by atoms with E-state index in [-0.39, 0.29) is 0 Å². The molecule has 90 valence electrons. The molecule has 0 saturated carbocycles. The predicted molar refractivity (Wildman–Crippen MR) is 67.1 cm³/mol. The van der Waals surface area contributed by atoms with Crippen molar-refractivity contribution in [3.8, 4) is 5.75 Å². The van der Waals surface area contributed by atoms with Crippen LogP contribution < -0.4 is 4.74 Å². The van der Waals surface area contributed by atoms with Crippen molar-refractivity contribution in [3.05, 3.63) is 28.8 Å². The molecule has 0 heterocycles. The van der Waals surface area contributed by atoms with Gasteiger partial charge in [0, 0.05) is 6.42 Å². The van der Waals surface area contributed by atoms with Gasteiger partial charge in [-0.3, -0.25) is 0 Å². The summed E-state index contributed by atoms with van der Waals surface area (Å²) in [5, 5.41) is 9.57. The van der Waals surface area contributed by atoms with Gasteiger partial charge in [-0.25, -0.2) is 0 Å². The molecule has 0 aliphatic heterocycles. The van der Waals surface area contributed by atoms with Gasteiger partial charge in [0.2, 0.25) is 0 Å². The van der Waals surface area contributed by atoms with Crippen LogP contribution in [0.5, 0.6) is 5.75 Å². The van der Waals surface area contributed by atoms with E-state index in [1.165, 1.54) is 16.7 Å². The Hall–Kier alpha value is -1.02. The fraction of sp³-hybridized carbons (Fsp3) is 0.571. The summed E-state index contributed by atoms with van der Waals surface area (Å²) in [5.74, 6) is 0.893. The maximum absolute atomic E-state index is 9.57. The molecule has 2 nitrogen and oxygen atoms in total. The Bertz CT molecular complexity index is 338. The average Bonchev–Trinajstić information content (AvgIpc) is 2.12. The molecule has 0 aliphatic rings. The minimum Gasteiger partial charge on any atom is -0.493 e. The zero-order valence-corrected chi connectivity index (χ0v) is 10.9. The molecule has 0 radical (unpaired) electrons. The largest absolute Gasteiger partial charge is 0.493 e. The average molecular weight is 222 g/mol. The van der Waals surface area contributed by atoms with Crippen LogP contribution in [-0.4, -0.2) is 17.3 Å². The Morgan fingerprint density at radius 3 is 2.06 bits per heavy atom. The second kappa shape index (κ2) is 4.88. The van der Waals surface area contributed by atoms with Crippen molar-refractivity contribution in [1.29, 1.82) is 0 Å². The molecule has 0 aliphatic carbocycles. The van der Waals surface area contributed by atoms with Gasteiger partial charge in [-0.1, -0.05) is 0 Å². The Balaban J connectivity index is 2.62. The molecule has 0 unspecified atom stereocenters. The molecule has 16 heavy (non-hydrogen) atoms. The van der Waals surface area contributed by atoms with E-state index in [0.717, 1.165) is 5.75 Å². The normalized spacial score (nSPS) is 11.6. The first-order valence-electron chi connectivity index (χ1n) is 5.72. The fourth-order valence-corrected chi connectivity index (χ4v) is 1.50. The monoisotopic (exact) mass is 222 g/mol. The molecule has 1 aromatic carbocycles. The van der Waals surface area contributed by atoms with Gasteiger partial charge >= 0.3 is 0 Å². The number of aryl methyl sites for hydroxylation is 2. The van der Waals surface area contributed by atoms with E-state index in [0.29, 0.717) is 13.0 Å². The van der Waals surface area contributed by atoms with Crippen LogP contribution in [-0.2, 0) is 0 Å². The number of ether oxygens (including phenoxy) is 1. The van der Waals surface area contributed by atoms with Crippen molar-refractivity contribution >= 4 is 0 Å². The van der Waals surface area contributed by atoms with Gasteiger partial charge in [0.15, 0.2) is 0 Å². The molecule has 1 N–H and O–H groups in total. The molecule has 0 amide bonds. The molecule has 0 saturated heterocycles. The highest BCUT2D eigenvalue weighted by molar-refractivity contribution is 5.40. The first-order chi connectivity index (χ1) is 7.29. The van der Waals surface area contributed by atoms with E-state index in [1.54, 1.807) is 13.8 Å². The summed E-state index contributed by atoms with van der Waals surface area (Å²) in [6.45, 7) is 10.4. The predicted octanol–water partition coefficient (Wildman–Crippen LogP) is 3.15. The van der Waals surface area contributed by atoms with Crippen LogP contribution in [0.15, 0.2) is 12.1 Å². The third kappa shape index (κ3) is 3.86. The van der Waals surface area contributed by atoms with Crippen LogP contribution in [0.1, 0.15) is 37.0 Å². The fourth-order valence-electron chi connectivity index (χ4n) is 1.50. The van der Waals surface area contributed by atoms with Crippen molar-refractivity contribution in [2.75, 3.05) is 6.61 Å². The molecule has 0 aromatic heterocycles. The SMILES string of the molecule is Cc1cc(OCCC(C)(C)O)cc(C)c1C. The lowest BCUT2D eigenvalue weighted by Gasteiger charge is -2.17. The van der Waals surface area contributed by atoms with Crippen molar-refractivity contribution < 1.29 is 9.84 Å². The number of benzene rings is 1. The summed E-state index contributed by atoms with van der Waals surface area (Å²) < 4.78 is 5.64. The van der Waals surface area contributed by atoms with Crippen LogP contribution >= 0.6 is 0 Å². The highest BCUT2D eigenvalue weighted by atomic mass is 16.5. The van der Waals surface area contributed by atoms with Gasteiger partial charge in [0.05, 0.1) is 12.2 Å². The van der Waals surface area contributed by atoms with Gasteiger partial charge < -0.3 is 9.84 Å². The quantitative estimate of drug-likeness (QED) is 0.848. The van der Waals surface area contributed by atoms with E-state index < -0.39 is 5.60 Å². The lowest BCUT2D eigenvalue weighted by atomic mass is 10.0. The molecular formula is C14H22O2. The van der Waals surface area contributed by atoms with Gasteiger partial charge in [-0.15, -0.1) is 0 Å². The van der Waals surface area contributed by atoms with Gasteiger partial charge in [0.1, 0.15) is 5.75 Å². The van der Waals surface area contributed by atoms with Crippen LogP contribution in [0.25, 0.3) is 0 Å².